The third kappa shape index (κ3) is 5.01. The monoisotopic (exact) mass is 277 g/mol. The Bertz CT molecular complexity index is 298. The summed E-state index contributed by atoms with van der Waals surface area (Å²) < 4.78 is 0. The van der Waals surface area contributed by atoms with Gasteiger partial charge in [0.2, 0.25) is 5.91 Å². The molecule has 0 rings (SSSR count). The summed E-state index contributed by atoms with van der Waals surface area (Å²) in [5.74, 6) is -0.813. The quantitative estimate of drug-likeness (QED) is 0.301. The molecule has 3 amide bonds. The Morgan fingerprint density at radius 2 is 1.68 bits per heavy atom. The van der Waals surface area contributed by atoms with E-state index in [1.165, 1.54) is 0 Å². The number of nitrogens with one attached hydrogen (secondary N) is 2. The van der Waals surface area contributed by atoms with Crippen LogP contribution in [0, 0.1) is 5.92 Å². The summed E-state index contributed by atoms with van der Waals surface area (Å²) in [5, 5.41) is 32.1. The molecule has 2 atom stereocenters. The Morgan fingerprint density at radius 1 is 1.21 bits per heavy atom. The van der Waals surface area contributed by atoms with E-state index in [9.17, 15) is 9.59 Å². The molecular formula is C11H23N3O5. The van der Waals surface area contributed by atoms with Crippen molar-refractivity contribution in [3.8, 4) is 0 Å². The van der Waals surface area contributed by atoms with Gasteiger partial charge in [0, 0.05) is 0 Å². The van der Waals surface area contributed by atoms with Gasteiger partial charge in [-0.05, 0) is 5.92 Å². The van der Waals surface area contributed by atoms with Crippen LogP contribution < -0.4 is 16.4 Å². The fraction of sp³-hybridized carbons (Fsp3) is 0.818. The first-order chi connectivity index (χ1) is 8.85. The lowest BCUT2D eigenvalue weighted by Crippen LogP contribution is -2.62. The molecule has 19 heavy (non-hydrogen) atoms. The van der Waals surface area contributed by atoms with Crippen molar-refractivity contribution < 1.29 is 24.9 Å². The fourth-order valence-corrected chi connectivity index (χ4v) is 1.46. The molecule has 0 aliphatic rings. The van der Waals surface area contributed by atoms with Crippen molar-refractivity contribution in [2.24, 2.45) is 11.7 Å². The molecular weight excluding hydrogens is 254 g/mol. The summed E-state index contributed by atoms with van der Waals surface area (Å²) in [5.41, 5.74) is 3.48. The molecule has 0 aliphatic carbocycles. The fourth-order valence-electron chi connectivity index (χ4n) is 1.46. The van der Waals surface area contributed by atoms with E-state index in [4.69, 9.17) is 21.1 Å². The number of amides is 3. The Labute approximate surface area is 112 Å². The Hall–Kier alpha value is -1.38. The van der Waals surface area contributed by atoms with Crippen molar-refractivity contribution in [2.45, 2.75) is 31.8 Å². The summed E-state index contributed by atoms with van der Waals surface area (Å²) in [6.45, 7) is 1.70. The molecule has 0 heterocycles. The van der Waals surface area contributed by atoms with Crippen molar-refractivity contribution in [3.05, 3.63) is 0 Å². The normalized spacial score (nSPS) is 14.6. The number of aliphatic hydroxyl groups excluding tert-OH is 3. The van der Waals surface area contributed by atoms with Crippen LogP contribution in [0.4, 0.5) is 4.79 Å². The van der Waals surface area contributed by atoms with E-state index in [2.05, 4.69) is 10.6 Å². The summed E-state index contributed by atoms with van der Waals surface area (Å²) in [4.78, 5) is 22.9. The molecule has 112 valence electrons. The highest BCUT2D eigenvalue weighted by Gasteiger charge is 2.34. The maximum Gasteiger partial charge on any atom is 0.312 e. The van der Waals surface area contributed by atoms with Crippen molar-refractivity contribution in [3.63, 3.8) is 0 Å². The molecule has 8 heteroatoms. The molecule has 2 unspecified atom stereocenters. The van der Waals surface area contributed by atoms with E-state index >= 15 is 0 Å². The first-order valence-electron chi connectivity index (χ1n) is 6.06. The molecule has 0 radical (unpaired) electrons. The summed E-state index contributed by atoms with van der Waals surface area (Å²) in [7, 11) is 0. The number of carbonyl (C=O) groups is 2. The van der Waals surface area contributed by atoms with Crippen LogP contribution in [0.2, 0.25) is 0 Å². The number of primary amides is 1. The van der Waals surface area contributed by atoms with Crippen LogP contribution in [0.25, 0.3) is 0 Å². The molecule has 0 aromatic rings. The van der Waals surface area contributed by atoms with Crippen molar-refractivity contribution in [2.75, 3.05) is 19.8 Å². The van der Waals surface area contributed by atoms with Crippen LogP contribution in [0.1, 0.15) is 20.3 Å². The number of nitrogens with two attached hydrogens (primary N) is 1. The molecule has 0 aromatic heterocycles. The van der Waals surface area contributed by atoms with Gasteiger partial charge < -0.3 is 31.7 Å². The maximum absolute atomic E-state index is 12.1. The number of carbonyl (C=O) groups excluding carboxylic acids is 2. The lowest BCUT2D eigenvalue weighted by atomic mass is 9.96. The number of hydrogen-bond donors (Lipinski definition) is 6. The van der Waals surface area contributed by atoms with Crippen molar-refractivity contribution >= 4 is 11.9 Å². The zero-order chi connectivity index (χ0) is 15.1. The van der Waals surface area contributed by atoms with Crippen molar-refractivity contribution in [1.82, 2.24) is 10.6 Å². The molecule has 0 bridgehead atoms. The van der Waals surface area contributed by atoms with Gasteiger partial charge in [-0.25, -0.2) is 4.79 Å². The van der Waals surface area contributed by atoms with Gasteiger partial charge in [0.1, 0.15) is 11.6 Å². The van der Waals surface area contributed by atoms with E-state index in [1.807, 2.05) is 6.92 Å². The highest BCUT2D eigenvalue weighted by Crippen LogP contribution is 2.10. The minimum absolute atomic E-state index is 0.193. The van der Waals surface area contributed by atoms with Gasteiger partial charge in [-0.2, -0.15) is 0 Å². The molecule has 7 N–H and O–H groups in total. The van der Waals surface area contributed by atoms with Gasteiger partial charge in [-0.3, -0.25) is 4.79 Å². The van der Waals surface area contributed by atoms with E-state index in [-0.39, 0.29) is 5.92 Å². The third-order valence-corrected chi connectivity index (χ3v) is 3.09. The predicted molar refractivity (Wildman–Crippen MR) is 68.1 cm³/mol. The van der Waals surface area contributed by atoms with E-state index < -0.39 is 43.3 Å². The molecule has 0 aromatic carbocycles. The van der Waals surface area contributed by atoms with E-state index in [1.54, 1.807) is 6.92 Å². The first kappa shape index (κ1) is 17.6. The maximum atomic E-state index is 12.1. The second-order valence-corrected chi connectivity index (χ2v) is 4.62. The summed E-state index contributed by atoms with van der Waals surface area (Å²) >= 11 is 0. The van der Waals surface area contributed by atoms with Crippen LogP contribution in [0.15, 0.2) is 0 Å². The topological polar surface area (TPSA) is 145 Å². The average Bonchev–Trinajstić information content (AvgIpc) is 2.41. The van der Waals surface area contributed by atoms with Gasteiger partial charge in [-0.15, -0.1) is 0 Å². The van der Waals surface area contributed by atoms with Gasteiger partial charge >= 0.3 is 6.03 Å². The summed E-state index contributed by atoms with van der Waals surface area (Å²) in [6, 6.07) is -1.74. The molecule has 0 spiro atoms. The standard InChI is InChI=1S/C11H23N3O5/c1-3-7(2)8(13-10(12)19)9(18)14-11(4-15,5-16)6-17/h7-8,15-17H,3-6H2,1-2H3,(H,14,18)(H3,12,13,19). The average molecular weight is 277 g/mol. The highest BCUT2D eigenvalue weighted by atomic mass is 16.3. The second kappa shape index (κ2) is 7.93. The van der Waals surface area contributed by atoms with Crippen LogP contribution in [0.5, 0.6) is 0 Å². The summed E-state index contributed by atoms with van der Waals surface area (Å²) in [6.07, 6.45) is 0.614. The van der Waals surface area contributed by atoms with E-state index in [0.717, 1.165) is 0 Å². The SMILES string of the molecule is CCC(C)C(NC(N)=O)C(=O)NC(CO)(CO)CO. The van der Waals surface area contributed by atoms with Crippen LogP contribution in [-0.2, 0) is 4.79 Å². The van der Waals surface area contributed by atoms with Crippen LogP contribution in [-0.4, -0.2) is 58.7 Å². The predicted octanol–water partition coefficient (Wildman–Crippen LogP) is -2.10. The van der Waals surface area contributed by atoms with Gasteiger partial charge in [0.25, 0.3) is 0 Å². The van der Waals surface area contributed by atoms with Gasteiger partial charge in [0.05, 0.1) is 19.8 Å². The Morgan fingerprint density at radius 3 is 2.00 bits per heavy atom. The largest absolute Gasteiger partial charge is 0.394 e. The third-order valence-electron chi connectivity index (χ3n) is 3.09. The molecule has 0 aliphatic heterocycles. The zero-order valence-corrected chi connectivity index (χ0v) is 11.2. The molecule has 0 saturated heterocycles. The van der Waals surface area contributed by atoms with Crippen LogP contribution in [0.3, 0.4) is 0 Å². The zero-order valence-electron chi connectivity index (χ0n) is 11.2. The molecule has 0 fully saturated rings. The van der Waals surface area contributed by atoms with Gasteiger partial charge in [-0.1, -0.05) is 20.3 Å². The second-order valence-electron chi connectivity index (χ2n) is 4.62. The number of hydrogen-bond acceptors (Lipinski definition) is 5. The molecule has 8 nitrogen and oxygen atoms in total. The van der Waals surface area contributed by atoms with Crippen LogP contribution >= 0.6 is 0 Å². The number of aliphatic hydroxyl groups is 3. The smallest absolute Gasteiger partial charge is 0.312 e. The minimum Gasteiger partial charge on any atom is -0.394 e. The number of rotatable bonds is 8. The van der Waals surface area contributed by atoms with Crippen molar-refractivity contribution in [1.29, 1.82) is 0 Å². The lowest BCUT2D eigenvalue weighted by Gasteiger charge is -2.32. The van der Waals surface area contributed by atoms with E-state index in [0.29, 0.717) is 6.42 Å². The first-order valence-corrected chi connectivity index (χ1v) is 6.06. The molecule has 0 saturated carbocycles. The number of urea groups is 1. The minimum atomic E-state index is -1.53. The Balaban J connectivity index is 4.94. The Kier molecular flexibility index (Phi) is 7.35. The van der Waals surface area contributed by atoms with Gasteiger partial charge in [0.15, 0.2) is 0 Å². The highest BCUT2D eigenvalue weighted by molar-refractivity contribution is 5.87. The lowest BCUT2D eigenvalue weighted by molar-refractivity contribution is -0.128.